The monoisotopic (exact) mass is 632 g/mol. The minimum absolute atomic E-state index is 0.0604. The van der Waals surface area contributed by atoms with Gasteiger partial charge in [-0.15, -0.1) is 0 Å². The van der Waals surface area contributed by atoms with Crippen molar-refractivity contribution < 1.29 is 59.2 Å². The van der Waals surface area contributed by atoms with Crippen LogP contribution in [0.5, 0.6) is 0 Å². The Hall–Kier alpha value is -3.08. The Kier molecular flexibility index (Phi) is 17.0. The van der Waals surface area contributed by atoms with Gasteiger partial charge in [0, 0.05) is 30.7 Å². The molecule has 0 fully saturated rings. The number of rotatable bonds is 15. The topological polar surface area (TPSA) is 224 Å². The molecule has 0 saturated carbocycles. The summed E-state index contributed by atoms with van der Waals surface area (Å²) in [5, 5.41) is 61.5. The second-order valence-electron chi connectivity index (χ2n) is 9.30. The first-order valence-corrected chi connectivity index (χ1v) is 13.7. The fourth-order valence-corrected chi connectivity index (χ4v) is 4.36. The molecule has 5 atom stereocenters. The summed E-state index contributed by atoms with van der Waals surface area (Å²) < 4.78 is 16.0. The van der Waals surface area contributed by atoms with Crippen molar-refractivity contribution in [2.45, 2.75) is 51.1 Å². The Labute approximate surface area is 254 Å². The predicted octanol–water partition coefficient (Wildman–Crippen LogP) is -0.576. The van der Waals surface area contributed by atoms with E-state index in [0.717, 1.165) is 6.92 Å². The zero-order valence-electron chi connectivity index (χ0n) is 24.4. The van der Waals surface area contributed by atoms with Crippen LogP contribution in [-0.4, -0.2) is 120 Å². The summed E-state index contributed by atoms with van der Waals surface area (Å²) in [6.45, 7) is 3.91. The average Bonchev–Trinajstić information content (AvgIpc) is 2.96. The molecule has 15 heteroatoms. The fraction of sp³-hybridized carbons (Fsp3) is 0.536. The van der Waals surface area contributed by atoms with Crippen LogP contribution in [0.25, 0.3) is 0 Å². The average molecular weight is 633 g/mol. The molecule has 8 N–H and O–H groups in total. The third-order valence-corrected chi connectivity index (χ3v) is 6.45. The predicted molar refractivity (Wildman–Crippen MR) is 154 cm³/mol. The minimum Gasteiger partial charge on any atom is -0.481 e. The van der Waals surface area contributed by atoms with Crippen LogP contribution in [0.3, 0.4) is 0 Å². The molecule has 43 heavy (non-hydrogen) atoms. The van der Waals surface area contributed by atoms with E-state index in [-0.39, 0.29) is 44.1 Å². The van der Waals surface area contributed by atoms with Gasteiger partial charge in [0.05, 0.1) is 62.4 Å². The quantitative estimate of drug-likeness (QED) is 0.0895. The first kappa shape index (κ1) is 37.9. The van der Waals surface area contributed by atoms with E-state index in [2.05, 4.69) is 10.6 Å². The number of aliphatic hydroxyl groups excluding tert-OH is 5. The number of halogens is 1. The highest BCUT2D eigenvalue weighted by molar-refractivity contribution is 6.31. The molecule has 1 aromatic rings. The van der Waals surface area contributed by atoms with Crippen LogP contribution >= 0.6 is 11.6 Å². The number of aliphatic carboxylic acids is 1. The third-order valence-electron chi connectivity index (χ3n) is 6.11. The number of nitrogens with one attached hydrogen (secondary N) is 2. The molecule has 14 nitrogen and oxygen atoms in total. The molecule has 1 aliphatic heterocycles. The van der Waals surface area contributed by atoms with Crippen molar-refractivity contribution >= 4 is 29.5 Å². The third kappa shape index (κ3) is 11.5. The minimum atomic E-state index is -1.72. The number of methoxy groups -OCH3 is 1. The first-order valence-electron chi connectivity index (χ1n) is 13.3. The number of benzene rings is 1. The van der Waals surface area contributed by atoms with Gasteiger partial charge in [-0.1, -0.05) is 29.8 Å². The lowest BCUT2D eigenvalue weighted by atomic mass is 9.80. The number of hydrogen-bond acceptors (Lipinski definition) is 13. The highest BCUT2D eigenvalue weighted by atomic mass is 35.5. The van der Waals surface area contributed by atoms with E-state index in [1.54, 1.807) is 38.1 Å². The molecule has 1 aliphatic rings. The fourth-order valence-electron chi connectivity index (χ4n) is 4.11. The molecule has 0 bridgehead atoms. The SMILES string of the molecule is CC(=O)O.CCOC(=O)C1=C(COCCNC[C@@H](O)[C@@H](O)[C@H](O)[C@H](O)CO)NC(C)=C(C(=O)OC)C1c1ccccc1Cl. The molecule has 0 aromatic heterocycles. The molecule has 0 amide bonds. The Morgan fingerprint density at radius 3 is 2.21 bits per heavy atom. The van der Waals surface area contributed by atoms with Gasteiger partial charge < -0.3 is 55.5 Å². The Morgan fingerprint density at radius 2 is 1.65 bits per heavy atom. The van der Waals surface area contributed by atoms with Gasteiger partial charge in [0.2, 0.25) is 0 Å². The maximum atomic E-state index is 13.2. The molecular weight excluding hydrogens is 592 g/mol. The van der Waals surface area contributed by atoms with Gasteiger partial charge in [-0.05, 0) is 25.5 Å². The van der Waals surface area contributed by atoms with Gasteiger partial charge in [0.15, 0.2) is 0 Å². The van der Waals surface area contributed by atoms with Crippen molar-refractivity contribution in [1.29, 1.82) is 0 Å². The van der Waals surface area contributed by atoms with Crippen LogP contribution in [0.2, 0.25) is 5.02 Å². The highest BCUT2D eigenvalue weighted by Gasteiger charge is 2.39. The molecule has 0 radical (unpaired) electrons. The zero-order valence-corrected chi connectivity index (χ0v) is 25.2. The maximum absolute atomic E-state index is 13.2. The number of carbonyl (C=O) groups is 3. The van der Waals surface area contributed by atoms with Crippen molar-refractivity contribution in [1.82, 2.24) is 10.6 Å². The summed E-state index contributed by atoms with van der Waals surface area (Å²) in [4.78, 5) is 34.9. The molecule has 0 saturated heterocycles. The largest absolute Gasteiger partial charge is 0.481 e. The summed E-state index contributed by atoms with van der Waals surface area (Å²) >= 11 is 6.48. The van der Waals surface area contributed by atoms with Crippen molar-refractivity contribution in [3.05, 3.63) is 57.4 Å². The summed E-state index contributed by atoms with van der Waals surface area (Å²) in [5.74, 6) is -2.99. The van der Waals surface area contributed by atoms with Crippen LogP contribution in [0.15, 0.2) is 46.8 Å². The summed E-state index contributed by atoms with van der Waals surface area (Å²) in [5.41, 5.74) is 1.71. The Balaban J connectivity index is 0.00000217. The number of esters is 2. The van der Waals surface area contributed by atoms with E-state index in [1.807, 2.05) is 0 Å². The molecule has 0 spiro atoms. The van der Waals surface area contributed by atoms with E-state index in [4.69, 9.17) is 40.8 Å². The van der Waals surface area contributed by atoms with E-state index in [1.165, 1.54) is 7.11 Å². The van der Waals surface area contributed by atoms with E-state index in [0.29, 0.717) is 22.0 Å². The van der Waals surface area contributed by atoms with Crippen molar-refractivity contribution in [3.63, 3.8) is 0 Å². The lowest BCUT2D eigenvalue weighted by Gasteiger charge is -2.31. The molecule has 0 aliphatic carbocycles. The maximum Gasteiger partial charge on any atom is 0.336 e. The van der Waals surface area contributed by atoms with Gasteiger partial charge in [0.1, 0.15) is 18.3 Å². The van der Waals surface area contributed by atoms with Crippen LogP contribution in [-0.2, 0) is 28.6 Å². The second kappa shape index (κ2) is 19.2. The van der Waals surface area contributed by atoms with Crippen LogP contribution in [0, 0.1) is 0 Å². The summed E-state index contributed by atoms with van der Waals surface area (Å²) in [7, 11) is 1.25. The van der Waals surface area contributed by atoms with Gasteiger partial charge >= 0.3 is 11.9 Å². The van der Waals surface area contributed by atoms with Gasteiger partial charge in [-0.25, -0.2) is 9.59 Å². The normalized spacial score (nSPS) is 17.6. The Bertz CT molecular complexity index is 1140. The number of carboxylic acid groups (broad SMARTS) is 1. The number of ether oxygens (including phenoxy) is 3. The number of aliphatic hydroxyl groups is 5. The number of allylic oxidation sites excluding steroid dienone is 1. The van der Waals surface area contributed by atoms with Crippen molar-refractivity contribution in [3.8, 4) is 0 Å². The number of carboxylic acids is 1. The smallest absolute Gasteiger partial charge is 0.336 e. The molecular formula is C28H41ClN2O12. The molecule has 2 rings (SSSR count). The second-order valence-corrected chi connectivity index (χ2v) is 9.70. The van der Waals surface area contributed by atoms with Crippen molar-refractivity contribution in [2.24, 2.45) is 0 Å². The van der Waals surface area contributed by atoms with Gasteiger partial charge in [-0.3, -0.25) is 4.79 Å². The Morgan fingerprint density at radius 1 is 1.05 bits per heavy atom. The first-order chi connectivity index (χ1) is 20.3. The van der Waals surface area contributed by atoms with E-state index >= 15 is 0 Å². The molecule has 1 heterocycles. The number of carbonyl (C=O) groups excluding carboxylic acids is 2. The summed E-state index contributed by atoms with van der Waals surface area (Å²) in [6, 6.07) is 6.85. The van der Waals surface area contributed by atoms with E-state index in [9.17, 15) is 30.0 Å². The molecule has 242 valence electrons. The van der Waals surface area contributed by atoms with Crippen LogP contribution in [0.4, 0.5) is 0 Å². The van der Waals surface area contributed by atoms with Crippen LogP contribution < -0.4 is 10.6 Å². The van der Waals surface area contributed by atoms with Crippen molar-refractivity contribution in [2.75, 3.05) is 46.6 Å². The lowest BCUT2D eigenvalue weighted by Crippen LogP contribution is -2.49. The molecule has 1 unspecified atom stereocenters. The van der Waals surface area contributed by atoms with Gasteiger partial charge in [0.25, 0.3) is 5.97 Å². The number of dihydropyridines is 1. The number of hydrogen-bond donors (Lipinski definition) is 8. The van der Waals surface area contributed by atoms with E-state index < -0.39 is 54.8 Å². The highest BCUT2D eigenvalue weighted by Crippen LogP contribution is 2.41. The molecule has 1 aromatic carbocycles. The standard InChI is InChI=1S/C26H37ClN2O10.C2H4O2/c1-4-39-26(36)22-17(13-38-10-9-28-11-18(31)23(33)24(34)19(32)12-30)29-14(2)20(25(35)37-3)21(22)15-7-5-6-8-16(15)27;1-2(3)4/h5-8,18-19,21,23-24,28-34H,4,9-13H2,1-3H3;1H3,(H,3,4)/t18-,19-,21?,23-,24-;/m1./s1. The van der Waals surface area contributed by atoms with Crippen LogP contribution in [0.1, 0.15) is 32.3 Å². The van der Waals surface area contributed by atoms with Gasteiger partial charge in [-0.2, -0.15) is 0 Å². The zero-order chi connectivity index (χ0) is 32.7. The summed E-state index contributed by atoms with van der Waals surface area (Å²) in [6.07, 6.45) is -6.40. The lowest BCUT2D eigenvalue weighted by molar-refractivity contribution is -0.139.